The summed E-state index contributed by atoms with van der Waals surface area (Å²) in [5.41, 5.74) is 3.57. The monoisotopic (exact) mass is 311 g/mol. The number of nitrogens with one attached hydrogen (secondary N) is 1. The molecule has 0 unspecified atom stereocenters. The number of hydrogen-bond donors (Lipinski definition) is 1. The van der Waals surface area contributed by atoms with Crippen molar-refractivity contribution in [2.45, 2.75) is 20.8 Å². The first kappa shape index (κ1) is 15.7. The van der Waals surface area contributed by atoms with E-state index in [0.29, 0.717) is 0 Å². The van der Waals surface area contributed by atoms with Gasteiger partial charge in [0.1, 0.15) is 18.0 Å². The van der Waals surface area contributed by atoms with Gasteiger partial charge < -0.3 is 15.1 Å². The summed E-state index contributed by atoms with van der Waals surface area (Å²) in [6.07, 6.45) is 1.65. The molecule has 2 aromatic rings. The van der Waals surface area contributed by atoms with E-state index >= 15 is 0 Å². The van der Waals surface area contributed by atoms with E-state index in [-0.39, 0.29) is 0 Å². The Labute approximate surface area is 138 Å². The summed E-state index contributed by atoms with van der Waals surface area (Å²) in [6, 6.07) is 8.48. The maximum absolute atomic E-state index is 4.45. The minimum absolute atomic E-state index is 0.845. The molecule has 1 aromatic heterocycles. The van der Waals surface area contributed by atoms with Crippen LogP contribution in [0.3, 0.4) is 0 Å². The van der Waals surface area contributed by atoms with Crippen molar-refractivity contribution in [2.24, 2.45) is 0 Å². The Balaban J connectivity index is 1.72. The average molecular weight is 311 g/mol. The van der Waals surface area contributed by atoms with Gasteiger partial charge in [0.2, 0.25) is 0 Å². The second-order valence-electron chi connectivity index (χ2n) is 6.18. The van der Waals surface area contributed by atoms with Crippen LogP contribution in [-0.4, -0.2) is 47.6 Å². The van der Waals surface area contributed by atoms with Gasteiger partial charge in [0.15, 0.2) is 0 Å². The maximum Gasteiger partial charge on any atom is 0.135 e. The number of benzene rings is 1. The largest absolute Gasteiger partial charge is 0.354 e. The highest BCUT2D eigenvalue weighted by molar-refractivity contribution is 5.61. The molecule has 1 aliphatic rings. The van der Waals surface area contributed by atoms with Crippen LogP contribution in [-0.2, 0) is 0 Å². The highest BCUT2D eigenvalue weighted by Gasteiger charge is 2.17. The van der Waals surface area contributed by atoms with Gasteiger partial charge in [0, 0.05) is 37.9 Å². The number of piperazine rings is 1. The van der Waals surface area contributed by atoms with E-state index in [1.165, 1.54) is 11.1 Å². The van der Waals surface area contributed by atoms with E-state index in [0.717, 1.165) is 50.0 Å². The zero-order valence-electron chi connectivity index (χ0n) is 14.2. The lowest BCUT2D eigenvalue weighted by Crippen LogP contribution is -2.46. The summed E-state index contributed by atoms with van der Waals surface area (Å²) in [7, 11) is 0. The van der Waals surface area contributed by atoms with Crippen LogP contribution in [0, 0.1) is 13.8 Å². The molecule has 23 heavy (non-hydrogen) atoms. The fourth-order valence-corrected chi connectivity index (χ4v) is 3.08. The molecule has 5 heteroatoms. The van der Waals surface area contributed by atoms with Gasteiger partial charge in [0.25, 0.3) is 0 Å². The van der Waals surface area contributed by atoms with Gasteiger partial charge in [-0.05, 0) is 43.7 Å². The van der Waals surface area contributed by atoms with E-state index in [1.807, 2.05) is 6.07 Å². The highest BCUT2D eigenvalue weighted by atomic mass is 15.3. The molecular formula is C18H25N5. The zero-order valence-corrected chi connectivity index (χ0v) is 14.2. The zero-order chi connectivity index (χ0) is 16.2. The molecule has 1 saturated heterocycles. The fourth-order valence-electron chi connectivity index (χ4n) is 3.08. The Morgan fingerprint density at radius 3 is 2.30 bits per heavy atom. The normalized spacial score (nSPS) is 15.7. The number of anilines is 3. The third kappa shape index (κ3) is 3.99. The lowest BCUT2D eigenvalue weighted by molar-refractivity contribution is 0.270. The van der Waals surface area contributed by atoms with Gasteiger partial charge in [0.05, 0.1) is 0 Å². The molecule has 0 amide bonds. The molecule has 0 bridgehead atoms. The average Bonchev–Trinajstić information content (AvgIpc) is 2.54. The van der Waals surface area contributed by atoms with E-state index in [4.69, 9.17) is 0 Å². The summed E-state index contributed by atoms with van der Waals surface area (Å²) < 4.78 is 0. The molecule has 0 spiro atoms. The standard InChI is InChI=1S/C18H25N5/c1-4-22-5-7-23(8-6-22)18-12-17(19-13-20-18)21-16-10-14(2)9-15(3)11-16/h9-13H,4-8H2,1-3H3,(H,19,20,21). The molecular weight excluding hydrogens is 286 g/mol. The molecule has 1 aromatic carbocycles. The number of rotatable bonds is 4. The molecule has 1 aliphatic heterocycles. The number of aromatic nitrogens is 2. The molecule has 0 aliphatic carbocycles. The molecule has 2 heterocycles. The van der Waals surface area contributed by atoms with Gasteiger partial charge in [-0.2, -0.15) is 0 Å². The number of likely N-dealkylation sites (N-methyl/N-ethyl adjacent to an activating group) is 1. The molecule has 1 fully saturated rings. The SMILES string of the molecule is CCN1CCN(c2cc(Nc3cc(C)cc(C)c3)ncn2)CC1. The van der Waals surface area contributed by atoms with Crippen molar-refractivity contribution in [1.82, 2.24) is 14.9 Å². The van der Waals surface area contributed by atoms with Crippen LogP contribution < -0.4 is 10.2 Å². The maximum atomic E-state index is 4.45. The lowest BCUT2D eigenvalue weighted by Gasteiger charge is -2.34. The Kier molecular flexibility index (Phi) is 4.76. The van der Waals surface area contributed by atoms with Crippen LogP contribution >= 0.6 is 0 Å². The second kappa shape index (κ2) is 6.96. The van der Waals surface area contributed by atoms with Gasteiger partial charge in [-0.15, -0.1) is 0 Å². The summed E-state index contributed by atoms with van der Waals surface area (Å²) in [5.74, 6) is 1.85. The molecule has 5 nitrogen and oxygen atoms in total. The van der Waals surface area contributed by atoms with Crippen molar-refractivity contribution < 1.29 is 0 Å². The predicted molar refractivity (Wildman–Crippen MR) is 95.6 cm³/mol. The van der Waals surface area contributed by atoms with E-state index < -0.39 is 0 Å². The second-order valence-corrected chi connectivity index (χ2v) is 6.18. The first-order chi connectivity index (χ1) is 11.1. The van der Waals surface area contributed by atoms with Gasteiger partial charge in [-0.1, -0.05) is 13.0 Å². The number of nitrogens with zero attached hydrogens (tertiary/aromatic N) is 4. The van der Waals surface area contributed by atoms with Crippen molar-refractivity contribution >= 4 is 17.3 Å². The van der Waals surface area contributed by atoms with Crippen LogP contribution in [0.1, 0.15) is 18.1 Å². The Morgan fingerprint density at radius 1 is 0.957 bits per heavy atom. The van der Waals surface area contributed by atoms with Gasteiger partial charge in [-0.3, -0.25) is 0 Å². The smallest absolute Gasteiger partial charge is 0.135 e. The Bertz CT molecular complexity index is 642. The lowest BCUT2D eigenvalue weighted by atomic mass is 10.1. The first-order valence-electron chi connectivity index (χ1n) is 8.28. The molecule has 0 atom stereocenters. The minimum Gasteiger partial charge on any atom is -0.354 e. The number of hydrogen-bond acceptors (Lipinski definition) is 5. The Morgan fingerprint density at radius 2 is 1.65 bits per heavy atom. The molecule has 3 rings (SSSR count). The molecule has 1 N–H and O–H groups in total. The third-order valence-corrected chi connectivity index (χ3v) is 4.29. The highest BCUT2D eigenvalue weighted by Crippen LogP contribution is 2.21. The minimum atomic E-state index is 0.845. The third-order valence-electron chi connectivity index (χ3n) is 4.29. The van der Waals surface area contributed by atoms with Crippen molar-refractivity contribution in [1.29, 1.82) is 0 Å². The van der Waals surface area contributed by atoms with Crippen LogP contribution in [0.15, 0.2) is 30.6 Å². The van der Waals surface area contributed by atoms with Crippen LogP contribution in [0.25, 0.3) is 0 Å². The topological polar surface area (TPSA) is 44.3 Å². The van der Waals surface area contributed by atoms with E-state index in [1.54, 1.807) is 6.33 Å². The number of aryl methyl sites for hydroxylation is 2. The van der Waals surface area contributed by atoms with Crippen molar-refractivity contribution in [3.8, 4) is 0 Å². The summed E-state index contributed by atoms with van der Waals surface area (Å²) in [4.78, 5) is 13.6. The summed E-state index contributed by atoms with van der Waals surface area (Å²) >= 11 is 0. The summed E-state index contributed by atoms with van der Waals surface area (Å²) in [6.45, 7) is 11.8. The molecule has 0 saturated carbocycles. The van der Waals surface area contributed by atoms with Gasteiger partial charge >= 0.3 is 0 Å². The quantitative estimate of drug-likeness (QED) is 0.940. The van der Waals surface area contributed by atoms with E-state index in [9.17, 15) is 0 Å². The van der Waals surface area contributed by atoms with Crippen molar-refractivity contribution in [3.05, 3.63) is 41.7 Å². The van der Waals surface area contributed by atoms with E-state index in [2.05, 4.69) is 64.1 Å². The fraction of sp³-hybridized carbons (Fsp3) is 0.444. The van der Waals surface area contributed by atoms with Gasteiger partial charge in [-0.25, -0.2) is 9.97 Å². The summed E-state index contributed by atoms with van der Waals surface area (Å²) in [5, 5.41) is 3.40. The molecule has 0 radical (unpaired) electrons. The Hall–Kier alpha value is -2.14. The van der Waals surface area contributed by atoms with Crippen LogP contribution in [0.4, 0.5) is 17.3 Å². The van der Waals surface area contributed by atoms with Crippen LogP contribution in [0.2, 0.25) is 0 Å². The first-order valence-corrected chi connectivity index (χ1v) is 8.28. The van der Waals surface area contributed by atoms with Crippen molar-refractivity contribution in [2.75, 3.05) is 42.9 Å². The van der Waals surface area contributed by atoms with Crippen LogP contribution in [0.5, 0.6) is 0 Å². The molecule has 122 valence electrons. The van der Waals surface area contributed by atoms with Crippen molar-refractivity contribution in [3.63, 3.8) is 0 Å². The predicted octanol–water partition coefficient (Wildman–Crippen LogP) is 2.98.